The van der Waals surface area contributed by atoms with Crippen molar-refractivity contribution in [1.29, 1.82) is 0 Å². The number of carbonyl (C=O) groups excluding carboxylic acids is 1. The predicted octanol–water partition coefficient (Wildman–Crippen LogP) is 2.00. The number of hydrogen-bond donors (Lipinski definition) is 2. The summed E-state index contributed by atoms with van der Waals surface area (Å²) in [6, 6.07) is 7.69. The van der Waals surface area contributed by atoms with Gasteiger partial charge in [-0.05, 0) is 19.4 Å². The van der Waals surface area contributed by atoms with E-state index >= 15 is 0 Å². The van der Waals surface area contributed by atoms with E-state index in [4.69, 9.17) is 10.5 Å². The Labute approximate surface area is 114 Å². The molecule has 4 nitrogen and oxygen atoms in total. The van der Waals surface area contributed by atoms with Gasteiger partial charge in [0.15, 0.2) is 0 Å². The second kappa shape index (κ2) is 8.32. The SMILES string of the molecule is C=CCOc1ccccc1CNC(=O)CCC(C)N. The molecule has 4 heteroatoms. The maximum atomic E-state index is 11.6. The number of para-hydroxylation sites is 1. The first kappa shape index (κ1) is 15.2. The zero-order valence-corrected chi connectivity index (χ0v) is 11.4. The molecule has 1 atom stereocenters. The lowest BCUT2D eigenvalue weighted by Crippen LogP contribution is -2.25. The lowest BCUT2D eigenvalue weighted by atomic mass is 10.1. The van der Waals surface area contributed by atoms with E-state index in [-0.39, 0.29) is 11.9 Å². The molecule has 1 amide bonds. The monoisotopic (exact) mass is 262 g/mol. The van der Waals surface area contributed by atoms with Crippen molar-refractivity contribution < 1.29 is 9.53 Å². The molecule has 0 fully saturated rings. The summed E-state index contributed by atoms with van der Waals surface area (Å²) in [5.41, 5.74) is 6.57. The van der Waals surface area contributed by atoms with Crippen LogP contribution in [0.25, 0.3) is 0 Å². The van der Waals surface area contributed by atoms with Crippen LogP contribution in [-0.4, -0.2) is 18.6 Å². The van der Waals surface area contributed by atoms with Crippen LogP contribution >= 0.6 is 0 Å². The van der Waals surface area contributed by atoms with E-state index in [0.717, 1.165) is 11.3 Å². The fraction of sp³-hybridized carbons (Fsp3) is 0.400. The largest absolute Gasteiger partial charge is 0.489 e. The van der Waals surface area contributed by atoms with E-state index < -0.39 is 0 Å². The minimum atomic E-state index is 0.0100. The van der Waals surface area contributed by atoms with E-state index in [9.17, 15) is 4.79 Å². The number of nitrogens with two attached hydrogens (primary N) is 1. The van der Waals surface area contributed by atoms with Crippen LogP contribution in [0.2, 0.25) is 0 Å². The van der Waals surface area contributed by atoms with Gasteiger partial charge < -0.3 is 15.8 Å². The van der Waals surface area contributed by atoms with Crippen LogP contribution in [0.3, 0.4) is 0 Å². The van der Waals surface area contributed by atoms with Gasteiger partial charge in [-0.25, -0.2) is 0 Å². The molecule has 0 aliphatic heterocycles. The van der Waals surface area contributed by atoms with E-state index in [1.165, 1.54) is 0 Å². The zero-order chi connectivity index (χ0) is 14.1. The quantitative estimate of drug-likeness (QED) is 0.704. The van der Waals surface area contributed by atoms with Crippen molar-refractivity contribution in [3.8, 4) is 5.75 Å². The first-order valence-electron chi connectivity index (χ1n) is 6.47. The Kier molecular flexibility index (Phi) is 6.68. The van der Waals surface area contributed by atoms with Gasteiger partial charge >= 0.3 is 0 Å². The van der Waals surface area contributed by atoms with Crippen LogP contribution in [0.5, 0.6) is 5.75 Å². The minimum Gasteiger partial charge on any atom is -0.489 e. The van der Waals surface area contributed by atoms with Crippen molar-refractivity contribution in [3.05, 3.63) is 42.5 Å². The molecule has 1 aromatic rings. The summed E-state index contributed by atoms with van der Waals surface area (Å²) in [5.74, 6) is 0.783. The lowest BCUT2D eigenvalue weighted by Gasteiger charge is -2.11. The summed E-state index contributed by atoms with van der Waals surface area (Å²) in [6.07, 6.45) is 2.84. The van der Waals surface area contributed by atoms with Gasteiger partial charge in [0.1, 0.15) is 12.4 Å². The minimum absolute atomic E-state index is 0.0100. The van der Waals surface area contributed by atoms with Crippen LogP contribution in [0.1, 0.15) is 25.3 Å². The van der Waals surface area contributed by atoms with Crippen molar-refractivity contribution in [1.82, 2.24) is 5.32 Å². The maximum absolute atomic E-state index is 11.6. The summed E-state index contributed by atoms with van der Waals surface area (Å²) < 4.78 is 5.53. The fourth-order valence-corrected chi connectivity index (χ4v) is 1.58. The van der Waals surface area contributed by atoms with E-state index in [1.54, 1.807) is 6.08 Å². The Morgan fingerprint density at radius 1 is 1.53 bits per heavy atom. The number of nitrogens with one attached hydrogen (secondary N) is 1. The Hall–Kier alpha value is -1.81. The third-order valence-corrected chi connectivity index (χ3v) is 2.63. The molecule has 3 N–H and O–H groups in total. The third-order valence-electron chi connectivity index (χ3n) is 2.63. The van der Waals surface area contributed by atoms with E-state index in [2.05, 4.69) is 11.9 Å². The molecule has 0 aromatic heterocycles. The molecule has 0 aliphatic rings. The number of benzene rings is 1. The van der Waals surface area contributed by atoms with Crippen LogP contribution in [0.15, 0.2) is 36.9 Å². The molecule has 0 saturated heterocycles. The van der Waals surface area contributed by atoms with Gasteiger partial charge in [-0.1, -0.05) is 30.9 Å². The van der Waals surface area contributed by atoms with Gasteiger partial charge in [0.25, 0.3) is 0 Å². The second-order valence-corrected chi connectivity index (χ2v) is 4.50. The van der Waals surface area contributed by atoms with Gasteiger partial charge in [0, 0.05) is 24.6 Å². The number of rotatable bonds is 8. The van der Waals surface area contributed by atoms with Crippen molar-refractivity contribution in [2.24, 2.45) is 5.73 Å². The number of carbonyl (C=O) groups is 1. The van der Waals surface area contributed by atoms with Crippen molar-refractivity contribution in [2.75, 3.05) is 6.61 Å². The average molecular weight is 262 g/mol. The normalized spacial score (nSPS) is 11.7. The molecule has 0 heterocycles. The number of amides is 1. The molecular weight excluding hydrogens is 240 g/mol. The maximum Gasteiger partial charge on any atom is 0.220 e. The molecule has 1 rings (SSSR count). The highest BCUT2D eigenvalue weighted by atomic mass is 16.5. The molecule has 0 radical (unpaired) electrons. The van der Waals surface area contributed by atoms with Crippen LogP contribution in [0.4, 0.5) is 0 Å². The van der Waals surface area contributed by atoms with Crippen molar-refractivity contribution >= 4 is 5.91 Å². The van der Waals surface area contributed by atoms with E-state index in [1.807, 2.05) is 31.2 Å². The Balaban J connectivity index is 2.47. The van der Waals surface area contributed by atoms with Crippen LogP contribution in [-0.2, 0) is 11.3 Å². The second-order valence-electron chi connectivity index (χ2n) is 4.50. The predicted molar refractivity (Wildman–Crippen MR) is 76.9 cm³/mol. The van der Waals surface area contributed by atoms with Gasteiger partial charge in [-0.3, -0.25) is 4.79 Å². The van der Waals surface area contributed by atoms with E-state index in [0.29, 0.717) is 26.0 Å². The molecule has 1 unspecified atom stereocenters. The highest BCUT2D eigenvalue weighted by Crippen LogP contribution is 2.17. The molecule has 0 aliphatic carbocycles. The zero-order valence-electron chi connectivity index (χ0n) is 11.4. The lowest BCUT2D eigenvalue weighted by molar-refractivity contribution is -0.121. The van der Waals surface area contributed by atoms with Crippen LogP contribution in [0, 0.1) is 0 Å². The van der Waals surface area contributed by atoms with Gasteiger partial charge in [-0.15, -0.1) is 0 Å². The molecule has 1 aromatic carbocycles. The van der Waals surface area contributed by atoms with Gasteiger partial charge in [0.05, 0.1) is 0 Å². The standard InChI is InChI=1S/C15H22N2O2/c1-3-10-19-14-7-5-4-6-13(14)11-17-15(18)9-8-12(2)16/h3-7,12H,1,8-11,16H2,2H3,(H,17,18). The summed E-state index contributed by atoms with van der Waals surface area (Å²) in [7, 11) is 0. The van der Waals surface area contributed by atoms with Gasteiger partial charge in [0.2, 0.25) is 5.91 Å². The Bertz CT molecular complexity index is 416. The highest BCUT2D eigenvalue weighted by Gasteiger charge is 2.06. The fourth-order valence-electron chi connectivity index (χ4n) is 1.58. The summed E-state index contributed by atoms with van der Waals surface area (Å²) >= 11 is 0. The average Bonchev–Trinajstić information content (AvgIpc) is 2.41. The van der Waals surface area contributed by atoms with Crippen molar-refractivity contribution in [2.45, 2.75) is 32.4 Å². The molecular formula is C15H22N2O2. The topological polar surface area (TPSA) is 64.3 Å². The Morgan fingerprint density at radius 3 is 2.95 bits per heavy atom. The molecule has 0 saturated carbocycles. The first-order chi connectivity index (χ1) is 9.13. The molecule has 0 spiro atoms. The Morgan fingerprint density at radius 2 is 2.26 bits per heavy atom. The molecule has 19 heavy (non-hydrogen) atoms. The summed E-state index contributed by atoms with van der Waals surface area (Å²) in [6.45, 7) is 6.43. The summed E-state index contributed by atoms with van der Waals surface area (Å²) in [5, 5.41) is 2.87. The number of hydrogen-bond acceptors (Lipinski definition) is 3. The molecule has 0 bridgehead atoms. The number of ether oxygens (including phenoxy) is 1. The summed E-state index contributed by atoms with van der Waals surface area (Å²) in [4.78, 5) is 11.6. The van der Waals surface area contributed by atoms with Crippen molar-refractivity contribution in [3.63, 3.8) is 0 Å². The smallest absolute Gasteiger partial charge is 0.220 e. The third kappa shape index (κ3) is 6.06. The van der Waals surface area contributed by atoms with Gasteiger partial charge in [-0.2, -0.15) is 0 Å². The highest BCUT2D eigenvalue weighted by molar-refractivity contribution is 5.75. The molecule has 104 valence electrons. The first-order valence-corrected chi connectivity index (χ1v) is 6.47. The van der Waals surface area contributed by atoms with Crippen LogP contribution < -0.4 is 15.8 Å².